The molecule has 1 N–H and O–H groups in total. The molecule has 4 heteroatoms. The van der Waals surface area contributed by atoms with Crippen molar-refractivity contribution in [2.75, 3.05) is 19.5 Å². The van der Waals surface area contributed by atoms with Crippen LogP contribution in [0.15, 0.2) is 60.7 Å². The van der Waals surface area contributed by atoms with E-state index in [1.807, 2.05) is 31.2 Å². The van der Waals surface area contributed by atoms with Crippen molar-refractivity contribution < 1.29 is 14.2 Å². The summed E-state index contributed by atoms with van der Waals surface area (Å²) in [6, 6.07) is 20.9. The fourth-order valence-electron chi connectivity index (χ4n) is 3.91. The molecule has 29 heavy (non-hydrogen) atoms. The van der Waals surface area contributed by atoms with E-state index >= 15 is 0 Å². The predicted molar refractivity (Wildman–Crippen MR) is 116 cm³/mol. The molecule has 0 radical (unpaired) electrons. The van der Waals surface area contributed by atoms with Gasteiger partial charge in [-0.2, -0.15) is 0 Å². The van der Waals surface area contributed by atoms with E-state index in [4.69, 9.17) is 14.2 Å². The summed E-state index contributed by atoms with van der Waals surface area (Å²) >= 11 is 0. The third-order valence-corrected chi connectivity index (χ3v) is 5.47. The standard InChI is InChI=1S/C25H27NO3/c1-17-24(27-2)14-22(15-25(17)28-3)26-21-10-6-7-18(11-21)16-29-23-12-19-8-4-5-9-20(19)13-23/h4-11,14-15,23,26H,12-13,16H2,1-3H3. The summed E-state index contributed by atoms with van der Waals surface area (Å²) in [5.41, 5.74) is 6.89. The van der Waals surface area contributed by atoms with Crippen LogP contribution in [0.5, 0.6) is 11.5 Å². The highest BCUT2D eigenvalue weighted by Gasteiger charge is 2.21. The number of ether oxygens (including phenoxy) is 3. The van der Waals surface area contributed by atoms with Crippen LogP contribution in [0.3, 0.4) is 0 Å². The van der Waals surface area contributed by atoms with E-state index in [2.05, 4.69) is 41.7 Å². The van der Waals surface area contributed by atoms with Gasteiger partial charge < -0.3 is 19.5 Å². The Morgan fingerprint density at radius 1 is 0.828 bits per heavy atom. The van der Waals surface area contributed by atoms with Gasteiger partial charge in [-0.3, -0.25) is 0 Å². The van der Waals surface area contributed by atoms with E-state index in [1.54, 1.807) is 14.2 Å². The van der Waals surface area contributed by atoms with Crippen LogP contribution in [0.1, 0.15) is 22.3 Å². The van der Waals surface area contributed by atoms with E-state index in [0.29, 0.717) is 6.61 Å². The van der Waals surface area contributed by atoms with Gasteiger partial charge in [0.05, 0.1) is 26.9 Å². The van der Waals surface area contributed by atoms with Crippen molar-refractivity contribution >= 4 is 11.4 Å². The Hall–Kier alpha value is -2.98. The summed E-state index contributed by atoms with van der Waals surface area (Å²) in [7, 11) is 3.34. The van der Waals surface area contributed by atoms with E-state index in [0.717, 1.165) is 46.8 Å². The van der Waals surface area contributed by atoms with Gasteiger partial charge in [0.1, 0.15) is 11.5 Å². The van der Waals surface area contributed by atoms with Gasteiger partial charge in [-0.1, -0.05) is 36.4 Å². The highest BCUT2D eigenvalue weighted by atomic mass is 16.5. The molecule has 4 nitrogen and oxygen atoms in total. The summed E-state index contributed by atoms with van der Waals surface area (Å²) in [6.07, 6.45) is 2.25. The minimum atomic E-state index is 0.259. The Bertz CT molecular complexity index is 949. The molecule has 0 saturated carbocycles. The lowest BCUT2D eigenvalue weighted by atomic mass is 10.1. The largest absolute Gasteiger partial charge is 0.496 e. The van der Waals surface area contributed by atoms with Crippen molar-refractivity contribution in [1.82, 2.24) is 0 Å². The lowest BCUT2D eigenvalue weighted by Crippen LogP contribution is -2.12. The number of nitrogens with one attached hydrogen (secondary N) is 1. The van der Waals surface area contributed by atoms with E-state index in [9.17, 15) is 0 Å². The quantitative estimate of drug-likeness (QED) is 0.584. The predicted octanol–water partition coefficient (Wildman–Crippen LogP) is 5.44. The summed E-state index contributed by atoms with van der Waals surface area (Å²) in [5, 5.41) is 3.45. The van der Waals surface area contributed by atoms with Crippen LogP contribution in [0.2, 0.25) is 0 Å². The first-order valence-corrected chi connectivity index (χ1v) is 9.93. The summed E-state index contributed by atoms with van der Waals surface area (Å²) in [4.78, 5) is 0. The third kappa shape index (κ3) is 4.38. The molecule has 0 fully saturated rings. The van der Waals surface area contributed by atoms with Crippen LogP contribution < -0.4 is 14.8 Å². The number of hydrogen-bond donors (Lipinski definition) is 1. The van der Waals surface area contributed by atoms with Gasteiger partial charge in [-0.15, -0.1) is 0 Å². The summed E-state index contributed by atoms with van der Waals surface area (Å²) in [5.74, 6) is 1.60. The highest BCUT2D eigenvalue weighted by molar-refractivity contribution is 5.66. The molecule has 0 aromatic heterocycles. The number of fused-ring (bicyclic) bond motifs is 1. The second kappa shape index (κ2) is 8.58. The maximum Gasteiger partial charge on any atom is 0.127 e. The zero-order chi connectivity index (χ0) is 20.2. The van der Waals surface area contributed by atoms with Gasteiger partial charge in [-0.05, 0) is 48.6 Å². The Morgan fingerprint density at radius 3 is 2.10 bits per heavy atom. The first kappa shape index (κ1) is 19.3. The number of methoxy groups -OCH3 is 2. The fraction of sp³-hybridized carbons (Fsp3) is 0.280. The normalized spacial score (nSPS) is 13.2. The van der Waals surface area contributed by atoms with Gasteiger partial charge in [0.2, 0.25) is 0 Å². The lowest BCUT2D eigenvalue weighted by molar-refractivity contribution is 0.0479. The van der Waals surface area contributed by atoms with E-state index in [1.165, 1.54) is 11.1 Å². The van der Waals surface area contributed by atoms with Crippen molar-refractivity contribution in [3.05, 3.63) is 82.9 Å². The van der Waals surface area contributed by atoms with Crippen molar-refractivity contribution in [2.45, 2.75) is 32.5 Å². The third-order valence-electron chi connectivity index (χ3n) is 5.47. The Morgan fingerprint density at radius 2 is 1.48 bits per heavy atom. The minimum absolute atomic E-state index is 0.259. The Balaban J connectivity index is 1.42. The Kier molecular flexibility index (Phi) is 5.72. The van der Waals surface area contributed by atoms with Gasteiger partial charge in [0, 0.05) is 29.1 Å². The average molecular weight is 389 g/mol. The second-order valence-electron chi connectivity index (χ2n) is 7.44. The number of anilines is 2. The molecule has 3 aromatic rings. The van der Waals surface area contributed by atoms with Gasteiger partial charge in [-0.25, -0.2) is 0 Å². The van der Waals surface area contributed by atoms with Crippen molar-refractivity contribution in [3.8, 4) is 11.5 Å². The zero-order valence-corrected chi connectivity index (χ0v) is 17.2. The van der Waals surface area contributed by atoms with Crippen LogP contribution >= 0.6 is 0 Å². The monoisotopic (exact) mass is 389 g/mol. The van der Waals surface area contributed by atoms with E-state index < -0.39 is 0 Å². The molecule has 1 aliphatic rings. The molecule has 0 bridgehead atoms. The van der Waals surface area contributed by atoms with Crippen LogP contribution in [-0.4, -0.2) is 20.3 Å². The maximum atomic E-state index is 6.20. The molecule has 150 valence electrons. The fourth-order valence-corrected chi connectivity index (χ4v) is 3.91. The molecule has 0 amide bonds. The summed E-state index contributed by atoms with van der Waals surface area (Å²) in [6.45, 7) is 2.59. The zero-order valence-electron chi connectivity index (χ0n) is 17.2. The molecular weight excluding hydrogens is 362 g/mol. The van der Waals surface area contributed by atoms with Crippen molar-refractivity contribution in [2.24, 2.45) is 0 Å². The van der Waals surface area contributed by atoms with Crippen LogP contribution in [0.25, 0.3) is 0 Å². The van der Waals surface area contributed by atoms with Gasteiger partial charge in [0.15, 0.2) is 0 Å². The van der Waals surface area contributed by atoms with Crippen LogP contribution in [0, 0.1) is 6.92 Å². The smallest absolute Gasteiger partial charge is 0.127 e. The number of benzene rings is 3. The highest BCUT2D eigenvalue weighted by Crippen LogP contribution is 2.33. The topological polar surface area (TPSA) is 39.7 Å². The molecule has 0 heterocycles. The molecule has 3 aromatic carbocycles. The van der Waals surface area contributed by atoms with Crippen molar-refractivity contribution in [1.29, 1.82) is 0 Å². The SMILES string of the molecule is COc1cc(Nc2cccc(COC3Cc4ccccc4C3)c2)cc(OC)c1C. The first-order valence-electron chi connectivity index (χ1n) is 9.93. The van der Waals surface area contributed by atoms with Crippen LogP contribution in [0.4, 0.5) is 11.4 Å². The minimum Gasteiger partial charge on any atom is -0.496 e. The molecule has 0 saturated heterocycles. The molecule has 0 aliphatic heterocycles. The Labute approximate surface area is 172 Å². The molecule has 1 aliphatic carbocycles. The molecule has 0 unspecified atom stereocenters. The number of hydrogen-bond acceptors (Lipinski definition) is 4. The first-order chi connectivity index (χ1) is 14.2. The number of rotatable bonds is 7. The lowest BCUT2D eigenvalue weighted by Gasteiger charge is -2.15. The van der Waals surface area contributed by atoms with Gasteiger partial charge >= 0.3 is 0 Å². The second-order valence-corrected chi connectivity index (χ2v) is 7.44. The summed E-state index contributed by atoms with van der Waals surface area (Å²) < 4.78 is 17.1. The van der Waals surface area contributed by atoms with Crippen molar-refractivity contribution in [3.63, 3.8) is 0 Å². The van der Waals surface area contributed by atoms with Crippen LogP contribution in [-0.2, 0) is 24.2 Å². The van der Waals surface area contributed by atoms with E-state index in [-0.39, 0.29) is 6.10 Å². The average Bonchev–Trinajstić information content (AvgIpc) is 3.16. The molecule has 0 spiro atoms. The molecule has 0 atom stereocenters. The molecular formula is C25H27NO3. The van der Waals surface area contributed by atoms with Gasteiger partial charge in [0.25, 0.3) is 0 Å². The maximum absolute atomic E-state index is 6.20. The molecule has 4 rings (SSSR count).